The Hall–Kier alpha value is -0.610. The summed E-state index contributed by atoms with van der Waals surface area (Å²) in [7, 11) is 0. The Morgan fingerprint density at radius 2 is 2.40 bits per heavy atom. The van der Waals surface area contributed by atoms with E-state index < -0.39 is 0 Å². The quantitative estimate of drug-likeness (QED) is 0.840. The molecule has 2 rings (SSSR count). The summed E-state index contributed by atoms with van der Waals surface area (Å²) in [6.07, 6.45) is 4.55. The van der Waals surface area contributed by atoms with Crippen molar-refractivity contribution in [1.29, 1.82) is 0 Å². The lowest BCUT2D eigenvalue weighted by atomic mass is 9.84. The van der Waals surface area contributed by atoms with Crippen molar-refractivity contribution >= 4 is 16.5 Å². The van der Waals surface area contributed by atoms with Crippen molar-refractivity contribution in [3.8, 4) is 0 Å². The standard InChI is InChI=1S/C11H19N3S/c1-11(2)4-3-5-14(8-11)7-9-6-13-10(12)15-9/h6H,3-5,7-8H2,1-2H3,(H2,12,13). The zero-order valence-electron chi connectivity index (χ0n) is 9.49. The Kier molecular flexibility index (Phi) is 2.98. The summed E-state index contributed by atoms with van der Waals surface area (Å²) in [5, 5.41) is 0.682. The smallest absolute Gasteiger partial charge is 0.180 e. The number of piperidine rings is 1. The van der Waals surface area contributed by atoms with Gasteiger partial charge in [-0.05, 0) is 24.8 Å². The molecule has 0 radical (unpaired) electrons. The molecule has 4 heteroatoms. The molecule has 0 aliphatic carbocycles. The summed E-state index contributed by atoms with van der Waals surface area (Å²) in [6, 6.07) is 0. The van der Waals surface area contributed by atoms with Gasteiger partial charge in [0.1, 0.15) is 0 Å². The number of thiazole rings is 1. The van der Waals surface area contributed by atoms with E-state index in [4.69, 9.17) is 5.73 Å². The van der Waals surface area contributed by atoms with Gasteiger partial charge in [-0.15, -0.1) is 11.3 Å². The summed E-state index contributed by atoms with van der Waals surface area (Å²) in [5.41, 5.74) is 6.09. The lowest BCUT2D eigenvalue weighted by Crippen LogP contribution is -2.39. The Balaban J connectivity index is 1.95. The molecule has 0 atom stereocenters. The highest BCUT2D eigenvalue weighted by atomic mass is 32.1. The number of likely N-dealkylation sites (tertiary alicyclic amines) is 1. The molecular weight excluding hydrogens is 206 g/mol. The van der Waals surface area contributed by atoms with Gasteiger partial charge in [-0.25, -0.2) is 4.98 Å². The average Bonchev–Trinajstić information content (AvgIpc) is 2.49. The summed E-state index contributed by atoms with van der Waals surface area (Å²) in [5.74, 6) is 0. The van der Waals surface area contributed by atoms with Crippen molar-refractivity contribution in [3.05, 3.63) is 11.1 Å². The molecule has 1 aromatic rings. The first-order valence-corrected chi connectivity index (χ1v) is 6.29. The molecule has 1 aliphatic heterocycles. The number of hydrogen-bond donors (Lipinski definition) is 1. The zero-order valence-corrected chi connectivity index (χ0v) is 10.3. The SMILES string of the molecule is CC1(C)CCCN(Cc2cnc(N)s2)C1. The number of anilines is 1. The molecule has 3 nitrogen and oxygen atoms in total. The van der Waals surface area contributed by atoms with E-state index in [0.29, 0.717) is 10.5 Å². The van der Waals surface area contributed by atoms with Gasteiger partial charge in [0.15, 0.2) is 5.13 Å². The molecule has 0 saturated carbocycles. The molecule has 0 spiro atoms. The van der Waals surface area contributed by atoms with Crippen molar-refractivity contribution in [2.75, 3.05) is 18.8 Å². The van der Waals surface area contributed by atoms with Gasteiger partial charge in [0.05, 0.1) is 0 Å². The van der Waals surface area contributed by atoms with Crippen LogP contribution in [0.25, 0.3) is 0 Å². The fourth-order valence-corrected chi connectivity index (χ4v) is 3.02. The topological polar surface area (TPSA) is 42.2 Å². The number of rotatable bonds is 2. The average molecular weight is 225 g/mol. The molecule has 1 fully saturated rings. The minimum atomic E-state index is 0.467. The lowest BCUT2D eigenvalue weighted by molar-refractivity contribution is 0.112. The van der Waals surface area contributed by atoms with E-state index in [1.54, 1.807) is 11.3 Å². The van der Waals surface area contributed by atoms with E-state index in [-0.39, 0.29) is 0 Å². The second kappa shape index (κ2) is 4.10. The van der Waals surface area contributed by atoms with Crippen LogP contribution in [0, 0.1) is 5.41 Å². The van der Waals surface area contributed by atoms with Gasteiger partial charge in [-0.3, -0.25) is 4.90 Å². The Morgan fingerprint density at radius 3 is 3.00 bits per heavy atom. The number of aromatic nitrogens is 1. The van der Waals surface area contributed by atoms with Crippen LogP contribution in [-0.4, -0.2) is 23.0 Å². The fraction of sp³-hybridized carbons (Fsp3) is 0.727. The second-order valence-corrected chi connectivity index (χ2v) is 6.29. The van der Waals surface area contributed by atoms with E-state index >= 15 is 0 Å². The van der Waals surface area contributed by atoms with Crippen LogP contribution >= 0.6 is 11.3 Å². The largest absolute Gasteiger partial charge is 0.375 e. The molecule has 1 aromatic heterocycles. The van der Waals surface area contributed by atoms with Crippen LogP contribution in [0.3, 0.4) is 0 Å². The molecular formula is C11H19N3S. The molecule has 0 aromatic carbocycles. The van der Waals surface area contributed by atoms with Gasteiger partial charge in [-0.2, -0.15) is 0 Å². The minimum Gasteiger partial charge on any atom is -0.375 e. The molecule has 2 N–H and O–H groups in total. The van der Waals surface area contributed by atoms with Gasteiger partial charge in [0, 0.05) is 24.2 Å². The minimum absolute atomic E-state index is 0.467. The van der Waals surface area contributed by atoms with E-state index in [1.807, 2.05) is 6.20 Å². The summed E-state index contributed by atoms with van der Waals surface area (Å²) < 4.78 is 0. The Bertz CT molecular complexity index is 332. The van der Waals surface area contributed by atoms with Gasteiger partial charge in [0.25, 0.3) is 0 Å². The lowest BCUT2D eigenvalue weighted by Gasteiger charge is -2.37. The van der Waals surface area contributed by atoms with Crippen LogP contribution in [0.15, 0.2) is 6.20 Å². The van der Waals surface area contributed by atoms with Gasteiger partial charge in [-0.1, -0.05) is 13.8 Å². The third-order valence-electron chi connectivity index (χ3n) is 2.93. The van der Waals surface area contributed by atoms with E-state index in [0.717, 1.165) is 6.54 Å². The zero-order chi connectivity index (χ0) is 10.9. The highest BCUT2D eigenvalue weighted by Gasteiger charge is 2.26. The number of nitrogen functional groups attached to an aromatic ring is 1. The molecule has 1 saturated heterocycles. The van der Waals surface area contributed by atoms with Gasteiger partial charge >= 0.3 is 0 Å². The number of nitrogens with two attached hydrogens (primary N) is 1. The first-order chi connectivity index (χ1) is 7.05. The number of hydrogen-bond acceptors (Lipinski definition) is 4. The van der Waals surface area contributed by atoms with Crippen LogP contribution in [-0.2, 0) is 6.54 Å². The maximum atomic E-state index is 5.63. The van der Waals surface area contributed by atoms with Crippen LogP contribution < -0.4 is 5.73 Å². The van der Waals surface area contributed by atoms with E-state index in [1.165, 1.54) is 30.8 Å². The van der Waals surface area contributed by atoms with Crippen LogP contribution in [0.4, 0.5) is 5.13 Å². The summed E-state index contributed by atoms with van der Waals surface area (Å²) >= 11 is 1.61. The van der Waals surface area contributed by atoms with Gasteiger partial charge < -0.3 is 5.73 Å². The third kappa shape index (κ3) is 2.92. The molecule has 84 valence electrons. The summed E-state index contributed by atoms with van der Waals surface area (Å²) in [4.78, 5) is 7.88. The first kappa shape index (κ1) is 10.9. The van der Waals surface area contributed by atoms with Gasteiger partial charge in [0.2, 0.25) is 0 Å². The molecule has 0 amide bonds. The molecule has 0 unspecified atom stereocenters. The normalized spacial score (nSPS) is 21.7. The van der Waals surface area contributed by atoms with Crippen molar-refractivity contribution in [1.82, 2.24) is 9.88 Å². The van der Waals surface area contributed by atoms with Crippen LogP contribution in [0.1, 0.15) is 31.6 Å². The van der Waals surface area contributed by atoms with Crippen molar-refractivity contribution < 1.29 is 0 Å². The monoisotopic (exact) mass is 225 g/mol. The van der Waals surface area contributed by atoms with Crippen molar-refractivity contribution in [2.45, 2.75) is 33.2 Å². The predicted molar refractivity (Wildman–Crippen MR) is 64.8 cm³/mol. The highest BCUT2D eigenvalue weighted by Crippen LogP contribution is 2.29. The van der Waals surface area contributed by atoms with Crippen molar-refractivity contribution in [3.63, 3.8) is 0 Å². The maximum Gasteiger partial charge on any atom is 0.180 e. The van der Waals surface area contributed by atoms with E-state index in [2.05, 4.69) is 23.7 Å². The van der Waals surface area contributed by atoms with Crippen LogP contribution in [0.5, 0.6) is 0 Å². The fourth-order valence-electron chi connectivity index (χ4n) is 2.30. The predicted octanol–water partition coefficient (Wildman–Crippen LogP) is 2.35. The molecule has 2 heterocycles. The Labute approximate surface area is 95.3 Å². The first-order valence-electron chi connectivity index (χ1n) is 5.48. The number of nitrogens with zero attached hydrogens (tertiary/aromatic N) is 2. The second-order valence-electron chi connectivity index (χ2n) is 5.14. The Morgan fingerprint density at radius 1 is 1.60 bits per heavy atom. The maximum absolute atomic E-state index is 5.63. The molecule has 1 aliphatic rings. The van der Waals surface area contributed by atoms with Crippen molar-refractivity contribution in [2.24, 2.45) is 5.41 Å². The van der Waals surface area contributed by atoms with Crippen LogP contribution in [0.2, 0.25) is 0 Å². The summed E-state index contributed by atoms with van der Waals surface area (Å²) in [6.45, 7) is 8.10. The molecule has 0 bridgehead atoms. The molecule has 15 heavy (non-hydrogen) atoms. The van der Waals surface area contributed by atoms with E-state index in [9.17, 15) is 0 Å². The third-order valence-corrected chi connectivity index (χ3v) is 3.74. The highest BCUT2D eigenvalue weighted by molar-refractivity contribution is 7.15.